The van der Waals surface area contributed by atoms with Crippen LogP contribution in [0.1, 0.15) is 40.5 Å². The van der Waals surface area contributed by atoms with Crippen molar-refractivity contribution in [2.24, 2.45) is 5.92 Å². The molecule has 0 spiro atoms. The van der Waals surface area contributed by atoms with Crippen LogP contribution < -0.4 is 10.2 Å². The summed E-state index contributed by atoms with van der Waals surface area (Å²) in [6, 6.07) is -0.0884. The van der Waals surface area contributed by atoms with Crippen LogP contribution >= 0.6 is 11.3 Å². The molecule has 3 heterocycles. The van der Waals surface area contributed by atoms with Gasteiger partial charge in [0.25, 0.3) is 4.96 Å². The number of aromatic nitrogens is 2. The summed E-state index contributed by atoms with van der Waals surface area (Å²) in [6.07, 6.45) is 3.09. The van der Waals surface area contributed by atoms with Crippen molar-refractivity contribution < 1.29 is 14.5 Å². The number of ether oxygens (including phenoxy) is 1. The fourth-order valence-electron chi connectivity index (χ4n) is 3.45. The molecular formula is C17H25N5O4S. The number of hydrogen-bond acceptors (Lipinski definition) is 7. The SMILES string of the molecule is CC1CCCN(c2nc3sccn3c2[N+](=O)[O-])C1CNC(=O)OC(C)(C)C. The van der Waals surface area contributed by atoms with Crippen molar-refractivity contribution in [2.45, 2.75) is 52.2 Å². The Morgan fingerprint density at radius 2 is 2.26 bits per heavy atom. The Hall–Kier alpha value is -2.36. The summed E-state index contributed by atoms with van der Waals surface area (Å²) >= 11 is 1.36. The summed E-state index contributed by atoms with van der Waals surface area (Å²) in [5, 5.41) is 16.3. The largest absolute Gasteiger partial charge is 0.444 e. The third kappa shape index (κ3) is 4.15. The topological polar surface area (TPSA) is 102 Å². The predicted octanol–water partition coefficient (Wildman–Crippen LogP) is 3.43. The lowest BCUT2D eigenvalue weighted by Gasteiger charge is -2.40. The van der Waals surface area contributed by atoms with E-state index in [-0.39, 0.29) is 22.7 Å². The van der Waals surface area contributed by atoms with Gasteiger partial charge in [0.2, 0.25) is 5.82 Å². The molecule has 10 heteroatoms. The van der Waals surface area contributed by atoms with Crippen LogP contribution in [0.4, 0.5) is 16.4 Å². The molecule has 2 aromatic rings. The number of hydrogen-bond donors (Lipinski definition) is 1. The highest BCUT2D eigenvalue weighted by Gasteiger charge is 2.36. The zero-order chi connectivity index (χ0) is 19.8. The molecule has 0 aromatic carbocycles. The van der Waals surface area contributed by atoms with E-state index >= 15 is 0 Å². The number of nitrogens with one attached hydrogen (secondary N) is 1. The number of amides is 1. The number of nitrogens with zero attached hydrogens (tertiary/aromatic N) is 4. The van der Waals surface area contributed by atoms with Crippen molar-refractivity contribution in [3.63, 3.8) is 0 Å². The fraction of sp³-hybridized carbons (Fsp3) is 0.647. The van der Waals surface area contributed by atoms with Gasteiger partial charge in [-0.2, -0.15) is 9.38 Å². The number of piperidine rings is 1. The number of anilines is 1. The van der Waals surface area contributed by atoms with Crippen molar-refractivity contribution in [3.05, 3.63) is 21.7 Å². The average molecular weight is 395 g/mol. The van der Waals surface area contributed by atoms with Crippen molar-refractivity contribution >= 4 is 34.0 Å². The zero-order valence-corrected chi connectivity index (χ0v) is 16.8. The second-order valence-corrected chi connectivity index (χ2v) is 8.71. The Morgan fingerprint density at radius 1 is 1.52 bits per heavy atom. The van der Waals surface area contributed by atoms with Crippen molar-refractivity contribution in [2.75, 3.05) is 18.0 Å². The maximum atomic E-state index is 12.0. The Bertz CT molecular complexity index is 840. The van der Waals surface area contributed by atoms with Gasteiger partial charge in [-0.3, -0.25) is 0 Å². The number of rotatable bonds is 4. The molecule has 3 rings (SSSR count). The summed E-state index contributed by atoms with van der Waals surface area (Å²) < 4.78 is 6.82. The number of alkyl carbamates (subject to hydrolysis) is 1. The van der Waals surface area contributed by atoms with Crippen LogP contribution in [-0.2, 0) is 4.74 Å². The minimum Gasteiger partial charge on any atom is -0.444 e. The molecular weight excluding hydrogens is 370 g/mol. The van der Waals surface area contributed by atoms with E-state index in [9.17, 15) is 14.9 Å². The normalized spacial score (nSPS) is 20.7. The van der Waals surface area contributed by atoms with E-state index < -0.39 is 11.7 Å². The number of fused-ring (bicyclic) bond motifs is 1. The lowest BCUT2D eigenvalue weighted by Crippen LogP contribution is -2.51. The number of thiazole rings is 1. The number of nitro groups is 1. The van der Waals surface area contributed by atoms with Crippen molar-refractivity contribution in [1.29, 1.82) is 0 Å². The van der Waals surface area contributed by atoms with E-state index in [2.05, 4.69) is 17.2 Å². The molecule has 2 aromatic heterocycles. The summed E-state index contributed by atoms with van der Waals surface area (Å²) in [5.74, 6) is 0.602. The summed E-state index contributed by atoms with van der Waals surface area (Å²) in [4.78, 5) is 30.4. The van der Waals surface area contributed by atoms with Gasteiger partial charge in [0, 0.05) is 18.5 Å². The average Bonchev–Trinajstić information content (AvgIpc) is 3.11. The zero-order valence-electron chi connectivity index (χ0n) is 16.0. The molecule has 9 nitrogen and oxygen atoms in total. The summed E-state index contributed by atoms with van der Waals surface area (Å²) in [7, 11) is 0. The lowest BCUT2D eigenvalue weighted by molar-refractivity contribution is -0.389. The van der Waals surface area contributed by atoms with E-state index in [4.69, 9.17) is 4.74 Å². The van der Waals surface area contributed by atoms with Crippen molar-refractivity contribution in [3.8, 4) is 0 Å². The van der Waals surface area contributed by atoms with E-state index in [1.54, 1.807) is 11.6 Å². The third-order valence-electron chi connectivity index (χ3n) is 4.63. The van der Waals surface area contributed by atoms with E-state index in [1.165, 1.54) is 15.7 Å². The molecule has 1 aliphatic heterocycles. The Labute approximate surface area is 161 Å². The molecule has 1 saturated heterocycles. The van der Waals surface area contributed by atoms with Gasteiger partial charge in [-0.15, -0.1) is 0 Å². The first-order valence-corrected chi connectivity index (χ1v) is 9.89. The van der Waals surface area contributed by atoms with E-state index in [0.717, 1.165) is 12.8 Å². The van der Waals surface area contributed by atoms with Gasteiger partial charge >= 0.3 is 11.9 Å². The molecule has 27 heavy (non-hydrogen) atoms. The van der Waals surface area contributed by atoms with Gasteiger partial charge in [-0.05, 0) is 44.5 Å². The molecule has 1 amide bonds. The Kier molecular flexibility index (Phi) is 5.27. The standard InChI is InChI=1S/C17H25N5O4S/c1-11-6-5-7-20(12(11)10-18-16(23)26-17(2,3)4)13-14(22(24)25)21-8-9-27-15(21)19-13/h8-9,11-12H,5-7,10H2,1-4H3,(H,18,23). The molecule has 0 bridgehead atoms. The maximum absolute atomic E-state index is 12.0. The fourth-order valence-corrected chi connectivity index (χ4v) is 4.15. The summed E-state index contributed by atoms with van der Waals surface area (Å²) in [6.45, 7) is 8.53. The van der Waals surface area contributed by atoms with Crippen LogP contribution in [0.25, 0.3) is 4.96 Å². The molecule has 1 fully saturated rings. The smallest absolute Gasteiger partial charge is 0.407 e. The third-order valence-corrected chi connectivity index (χ3v) is 5.39. The van der Waals surface area contributed by atoms with Crippen LogP contribution in [0.3, 0.4) is 0 Å². The first-order chi connectivity index (χ1) is 12.7. The highest BCUT2D eigenvalue weighted by Crippen LogP contribution is 2.36. The maximum Gasteiger partial charge on any atom is 0.407 e. The first kappa shape index (κ1) is 19.4. The molecule has 148 valence electrons. The molecule has 2 unspecified atom stereocenters. The van der Waals surface area contributed by atoms with Gasteiger partial charge in [0.1, 0.15) is 11.8 Å². The monoisotopic (exact) mass is 395 g/mol. The Balaban J connectivity index is 1.84. The summed E-state index contributed by atoms with van der Waals surface area (Å²) in [5.41, 5.74) is -0.574. The van der Waals surface area contributed by atoms with E-state index in [1.807, 2.05) is 25.7 Å². The molecule has 0 saturated carbocycles. The number of carbonyl (C=O) groups excluding carboxylic acids is 1. The molecule has 2 atom stereocenters. The highest BCUT2D eigenvalue weighted by atomic mass is 32.1. The first-order valence-electron chi connectivity index (χ1n) is 9.01. The van der Waals surface area contributed by atoms with E-state index in [0.29, 0.717) is 23.9 Å². The van der Waals surface area contributed by atoms with Crippen LogP contribution in [0.2, 0.25) is 0 Å². The van der Waals surface area contributed by atoms with Gasteiger partial charge in [0.15, 0.2) is 0 Å². The van der Waals surface area contributed by atoms with Crippen LogP contribution in [0.15, 0.2) is 11.6 Å². The molecule has 1 aliphatic rings. The number of imidazole rings is 1. The van der Waals surface area contributed by atoms with Crippen molar-refractivity contribution in [1.82, 2.24) is 14.7 Å². The lowest BCUT2D eigenvalue weighted by atomic mass is 9.90. The molecule has 1 N–H and O–H groups in total. The van der Waals surface area contributed by atoms with Gasteiger partial charge < -0.3 is 25.1 Å². The van der Waals surface area contributed by atoms with Gasteiger partial charge in [-0.1, -0.05) is 18.3 Å². The number of carbonyl (C=O) groups is 1. The highest BCUT2D eigenvalue weighted by molar-refractivity contribution is 7.15. The minimum absolute atomic E-state index is 0.0254. The van der Waals surface area contributed by atoms with Crippen LogP contribution in [-0.4, -0.2) is 45.1 Å². The predicted molar refractivity (Wildman–Crippen MR) is 103 cm³/mol. The molecule has 0 aliphatic carbocycles. The minimum atomic E-state index is -0.574. The second kappa shape index (κ2) is 7.34. The molecule has 0 radical (unpaired) electrons. The van der Waals surface area contributed by atoms with Gasteiger partial charge in [-0.25, -0.2) is 4.79 Å². The van der Waals surface area contributed by atoms with Crippen LogP contribution in [0, 0.1) is 16.0 Å². The van der Waals surface area contributed by atoms with Crippen LogP contribution in [0.5, 0.6) is 0 Å². The Morgan fingerprint density at radius 3 is 2.93 bits per heavy atom. The van der Waals surface area contributed by atoms with Gasteiger partial charge in [0.05, 0.1) is 6.04 Å². The second-order valence-electron chi connectivity index (χ2n) is 7.83. The quantitative estimate of drug-likeness (QED) is 0.628.